The first-order valence-corrected chi connectivity index (χ1v) is 8.11. The van der Waals surface area contributed by atoms with Gasteiger partial charge in [-0.3, -0.25) is 4.79 Å². The van der Waals surface area contributed by atoms with Gasteiger partial charge in [-0.2, -0.15) is 0 Å². The van der Waals surface area contributed by atoms with Gasteiger partial charge >= 0.3 is 5.97 Å². The molecular formula is C17H13ClN2O2S. The summed E-state index contributed by atoms with van der Waals surface area (Å²) in [5, 5.41) is 13.6. The number of halogens is 1. The molecule has 0 saturated carbocycles. The lowest BCUT2D eigenvalue weighted by molar-refractivity contribution is -0.136. The Morgan fingerprint density at radius 3 is 2.65 bits per heavy atom. The number of benzene rings is 2. The van der Waals surface area contributed by atoms with Crippen molar-refractivity contribution in [2.24, 2.45) is 0 Å². The zero-order valence-corrected chi connectivity index (χ0v) is 13.6. The van der Waals surface area contributed by atoms with E-state index in [4.69, 9.17) is 16.7 Å². The normalized spacial score (nSPS) is 10.5. The van der Waals surface area contributed by atoms with E-state index < -0.39 is 5.97 Å². The van der Waals surface area contributed by atoms with Crippen molar-refractivity contribution in [2.75, 3.05) is 5.32 Å². The van der Waals surface area contributed by atoms with Gasteiger partial charge in [0.15, 0.2) is 5.13 Å². The molecule has 2 aromatic carbocycles. The Kier molecular flexibility index (Phi) is 4.60. The molecule has 1 aromatic heterocycles. The summed E-state index contributed by atoms with van der Waals surface area (Å²) in [5.74, 6) is -0.875. The average Bonchev–Trinajstić information content (AvgIpc) is 2.90. The highest BCUT2D eigenvalue weighted by Crippen LogP contribution is 2.33. The van der Waals surface area contributed by atoms with E-state index in [1.165, 1.54) is 11.3 Å². The van der Waals surface area contributed by atoms with Crippen LogP contribution in [-0.2, 0) is 11.2 Å². The van der Waals surface area contributed by atoms with Gasteiger partial charge in [0.05, 0.1) is 12.1 Å². The van der Waals surface area contributed by atoms with E-state index in [-0.39, 0.29) is 6.42 Å². The summed E-state index contributed by atoms with van der Waals surface area (Å²) in [4.78, 5) is 16.4. The molecule has 0 atom stereocenters. The largest absolute Gasteiger partial charge is 0.481 e. The van der Waals surface area contributed by atoms with Crippen molar-refractivity contribution in [1.82, 2.24) is 4.98 Å². The summed E-state index contributed by atoms with van der Waals surface area (Å²) >= 11 is 7.31. The standard InChI is InChI=1S/C17H13ClN2O2S/c18-12-7-4-8-13(9-12)19-17-20-16(11-5-2-1-3-6-11)14(23-17)10-15(21)22/h1-9H,10H2,(H,19,20)(H,21,22). The number of hydrogen-bond acceptors (Lipinski definition) is 4. The number of nitrogens with one attached hydrogen (secondary N) is 1. The van der Waals surface area contributed by atoms with Crippen LogP contribution in [-0.4, -0.2) is 16.1 Å². The third kappa shape index (κ3) is 3.88. The van der Waals surface area contributed by atoms with Gasteiger partial charge in [-0.1, -0.05) is 48.0 Å². The van der Waals surface area contributed by atoms with Gasteiger partial charge in [0.25, 0.3) is 0 Å². The summed E-state index contributed by atoms with van der Waals surface area (Å²) in [7, 11) is 0. The van der Waals surface area contributed by atoms with Crippen LogP contribution >= 0.6 is 22.9 Å². The van der Waals surface area contributed by atoms with E-state index in [1.54, 1.807) is 12.1 Å². The van der Waals surface area contributed by atoms with Gasteiger partial charge < -0.3 is 10.4 Å². The molecule has 0 fully saturated rings. The molecule has 0 amide bonds. The van der Waals surface area contributed by atoms with Crippen LogP contribution in [0.5, 0.6) is 0 Å². The van der Waals surface area contributed by atoms with E-state index in [9.17, 15) is 4.79 Å². The second-order valence-electron chi connectivity index (χ2n) is 4.86. The summed E-state index contributed by atoms with van der Waals surface area (Å²) in [6, 6.07) is 16.9. The molecular weight excluding hydrogens is 332 g/mol. The summed E-state index contributed by atoms with van der Waals surface area (Å²) in [6.07, 6.45) is -0.0564. The molecule has 23 heavy (non-hydrogen) atoms. The van der Waals surface area contributed by atoms with Gasteiger partial charge in [-0.25, -0.2) is 4.98 Å². The predicted octanol–water partition coefficient (Wildman–Crippen LogP) is 4.83. The first-order chi connectivity index (χ1) is 11.1. The van der Waals surface area contributed by atoms with Crippen molar-refractivity contribution in [3.05, 3.63) is 64.5 Å². The van der Waals surface area contributed by atoms with Crippen molar-refractivity contribution in [3.63, 3.8) is 0 Å². The Balaban J connectivity index is 1.96. The van der Waals surface area contributed by atoms with Crippen LogP contribution in [0.4, 0.5) is 10.8 Å². The van der Waals surface area contributed by atoms with Gasteiger partial charge in [-0.15, -0.1) is 11.3 Å². The van der Waals surface area contributed by atoms with E-state index in [2.05, 4.69) is 10.3 Å². The zero-order chi connectivity index (χ0) is 16.2. The SMILES string of the molecule is O=C(O)Cc1sc(Nc2cccc(Cl)c2)nc1-c1ccccc1. The first-order valence-electron chi connectivity index (χ1n) is 6.91. The van der Waals surface area contributed by atoms with Crippen LogP contribution in [0.1, 0.15) is 4.88 Å². The Labute approximate surface area is 142 Å². The molecule has 2 N–H and O–H groups in total. The molecule has 1 heterocycles. The number of carboxylic acid groups (broad SMARTS) is 1. The fraction of sp³-hybridized carbons (Fsp3) is 0.0588. The van der Waals surface area contributed by atoms with Crippen LogP contribution in [0.2, 0.25) is 5.02 Å². The fourth-order valence-electron chi connectivity index (χ4n) is 2.17. The molecule has 0 aliphatic carbocycles. The third-order valence-electron chi connectivity index (χ3n) is 3.13. The van der Waals surface area contributed by atoms with Crippen LogP contribution in [0, 0.1) is 0 Å². The van der Waals surface area contributed by atoms with Crippen molar-refractivity contribution in [2.45, 2.75) is 6.42 Å². The number of thiazole rings is 1. The minimum atomic E-state index is -0.875. The highest BCUT2D eigenvalue weighted by molar-refractivity contribution is 7.16. The minimum absolute atomic E-state index is 0.0564. The van der Waals surface area contributed by atoms with Crippen molar-refractivity contribution >= 4 is 39.7 Å². The Bertz CT molecular complexity index is 834. The van der Waals surface area contributed by atoms with Crippen molar-refractivity contribution in [3.8, 4) is 11.3 Å². The van der Waals surface area contributed by atoms with Crippen LogP contribution in [0.15, 0.2) is 54.6 Å². The lowest BCUT2D eigenvalue weighted by Gasteiger charge is -2.02. The van der Waals surface area contributed by atoms with Gasteiger partial charge in [-0.05, 0) is 18.2 Å². The topological polar surface area (TPSA) is 62.2 Å². The molecule has 3 rings (SSSR count). The number of carboxylic acids is 1. The van der Waals surface area contributed by atoms with Gasteiger partial charge in [0, 0.05) is 21.2 Å². The summed E-state index contributed by atoms with van der Waals surface area (Å²) in [5.41, 5.74) is 2.41. The molecule has 0 aliphatic rings. The lowest BCUT2D eigenvalue weighted by Crippen LogP contribution is -1.99. The average molecular weight is 345 g/mol. The summed E-state index contributed by atoms with van der Waals surface area (Å²) < 4.78 is 0. The second kappa shape index (κ2) is 6.81. The molecule has 3 aromatic rings. The van der Waals surface area contributed by atoms with Crippen LogP contribution in [0.3, 0.4) is 0 Å². The Morgan fingerprint density at radius 2 is 1.96 bits per heavy atom. The number of rotatable bonds is 5. The van der Waals surface area contributed by atoms with Crippen LogP contribution in [0.25, 0.3) is 11.3 Å². The molecule has 0 spiro atoms. The first kappa shape index (κ1) is 15.5. The highest BCUT2D eigenvalue weighted by Gasteiger charge is 2.15. The number of anilines is 2. The summed E-state index contributed by atoms with van der Waals surface area (Å²) in [6.45, 7) is 0. The maximum absolute atomic E-state index is 11.1. The number of hydrogen-bond donors (Lipinski definition) is 2. The predicted molar refractivity (Wildman–Crippen MR) is 93.6 cm³/mol. The molecule has 0 saturated heterocycles. The molecule has 0 bridgehead atoms. The zero-order valence-electron chi connectivity index (χ0n) is 12.0. The van der Waals surface area contributed by atoms with Crippen molar-refractivity contribution in [1.29, 1.82) is 0 Å². The smallest absolute Gasteiger partial charge is 0.308 e. The molecule has 0 radical (unpaired) electrons. The van der Waals surface area contributed by atoms with Crippen LogP contribution < -0.4 is 5.32 Å². The van der Waals surface area contributed by atoms with E-state index in [0.717, 1.165) is 11.3 Å². The monoisotopic (exact) mass is 344 g/mol. The number of carbonyl (C=O) groups is 1. The number of aromatic nitrogens is 1. The number of nitrogens with zero attached hydrogens (tertiary/aromatic N) is 1. The van der Waals surface area contributed by atoms with E-state index in [0.29, 0.717) is 20.7 Å². The lowest BCUT2D eigenvalue weighted by atomic mass is 10.1. The molecule has 116 valence electrons. The van der Waals surface area contributed by atoms with E-state index >= 15 is 0 Å². The quantitative estimate of drug-likeness (QED) is 0.695. The molecule has 0 aliphatic heterocycles. The molecule has 0 unspecified atom stereocenters. The van der Waals surface area contributed by atoms with Gasteiger partial charge in [0.2, 0.25) is 0 Å². The maximum Gasteiger partial charge on any atom is 0.308 e. The van der Waals surface area contributed by atoms with E-state index in [1.807, 2.05) is 42.5 Å². The Morgan fingerprint density at radius 1 is 1.17 bits per heavy atom. The minimum Gasteiger partial charge on any atom is -0.481 e. The Hall–Kier alpha value is -2.37. The second-order valence-corrected chi connectivity index (χ2v) is 6.38. The molecule has 6 heteroatoms. The third-order valence-corrected chi connectivity index (χ3v) is 4.34. The maximum atomic E-state index is 11.1. The van der Waals surface area contributed by atoms with Crippen molar-refractivity contribution < 1.29 is 9.90 Å². The fourth-order valence-corrected chi connectivity index (χ4v) is 3.36. The highest BCUT2D eigenvalue weighted by atomic mass is 35.5. The molecule has 4 nitrogen and oxygen atoms in total. The number of aliphatic carboxylic acids is 1. The van der Waals surface area contributed by atoms with Gasteiger partial charge in [0.1, 0.15) is 0 Å².